The Hall–Kier alpha value is 3.74. The fourth-order valence-electron chi connectivity index (χ4n) is 0. The molecule has 0 amide bonds. The van der Waals surface area contributed by atoms with E-state index in [-0.39, 0.29) is 118 Å². The van der Waals surface area contributed by atoms with Crippen LogP contribution < -0.4 is 0 Å². The van der Waals surface area contributed by atoms with Crippen molar-refractivity contribution in [2.75, 3.05) is 0 Å². The van der Waals surface area contributed by atoms with E-state index < -0.39 is 0 Å². The summed E-state index contributed by atoms with van der Waals surface area (Å²) in [6, 6.07) is 0. The zero-order chi connectivity index (χ0) is 0. The molecule has 5 heteroatoms. The van der Waals surface area contributed by atoms with Crippen molar-refractivity contribution in [2.24, 2.45) is 0 Å². The molecule has 0 heterocycles. The summed E-state index contributed by atoms with van der Waals surface area (Å²) in [5.41, 5.74) is 0. The molecule has 0 rings (SSSR count). The first kappa shape index (κ1) is 37.4. The molecule has 0 unspecified atom stereocenters. The van der Waals surface area contributed by atoms with Crippen molar-refractivity contribution in [3.8, 4) is 0 Å². The first-order valence-electron chi connectivity index (χ1n) is 0. The molecule has 0 spiro atoms. The molecule has 0 saturated heterocycles. The van der Waals surface area contributed by atoms with Crippen LogP contribution in [0.4, 0.5) is 0 Å². The Morgan fingerprint density at radius 2 is 1.00 bits per heavy atom. The van der Waals surface area contributed by atoms with Crippen molar-refractivity contribution >= 4 is 36.3 Å². The van der Waals surface area contributed by atoms with Crippen LogP contribution in [0.1, 0.15) is 0 Å². The zero-order valence-corrected chi connectivity index (χ0v) is 13.0. The average Bonchev–Trinajstić information content (AvgIpc) is 0. The molecule has 0 aromatic heterocycles. The minimum atomic E-state index is 0. The largest absolute Gasteiger partial charge is 0.147 e. The van der Waals surface area contributed by atoms with E-state index in [2.05, 4.69) is 0 Å². The Balaban J connectivity index is 0. The fraction of sp³-hybridized carbons (Fsp3) is 0. The van der Waals surface area contributed by atoms with Crippen LogP contribution in [0.3, 0.4) is 0 Å². The van der Waals surface area contributed by atoms with Gasteiger partial charge in [-0.1, -0.05) is 0 Å². The van der Waals surface area contributed by atoms with Gasteiger partial charge in [0.2, 0.25) is 0 Å². The Kier molecular flexibility index (Phi) is 188. The van der Waals surface area contributed by atoms with E-state index in [9.17, 15) is 0 Å². The fourth-order valence-corrected chi connectivity index (χ4v) is 0. The summed E-state index contributed by atoms with van der Waals surface area (Å²) >= 11 is 0. The normalized spacial score (nSPS) is 0. The molecule has 5 heavy (non-hydrogen) atoms. The third kappa shape index (κ3) is 18.2. The Bertz CT molecular complexity index is 11.6. The summed E-state index contributed by atoms with van der Waals surface area (Å²) in [5, 5.41) is 0. The second kappa shape index (κ2) is 25.1. The minimum absolute atomic E-state index is 0. The quantitative estimate of drug-likeness (QED) is 0.351. The molecule has 0 aromatic carbocycles. The second-order valence-corrected chi connectivity index (χ2v) is 0. The van der Waals surface area contributed by atoms with Gasteiger partial charge in [-0.15, -0.1) is 12.4 Å². The zero-order valence-electron chi connectivity index (χ0n) is 2.10. The maximum absolute atomic E-state index is 0. The topological polar surface area (TPSA) is 0 Å². The van der Waals surface area contributed by atoms with Crippen LogP contribution in [0.15, 0.2) is 0 Å². The first-order valence-corrected chi connectivity index (χ1v) is 0. The molecule has 0 bridgehead atoms. The third-order valence-corrected chi connectivity index (χ3v) is 0. The van der Waals surface area contributed by atoms with Crippen LogP contribution in [-0.2, 0) is 39.6 Å². The van der Waals surface area contributed by atoms with E-state index in [1.165, 1.54) is 0 Å². The van der Waals surface area contributed by atoms with Crippen molar-refractivity contribution < 1.29 is 81.3 Å². The summed E-state index contributed by atoms with van der Waals surface area (Å²) in [6.45, 7) is 0. The van der Waals surface area contributed by atoms with Crippen molar-refractivity contribution in [1.29, 1.82) is 0 Å². The van der Waals surface area contributed by atoms with Gasteiger partial charge in [0, 0.05) is 105 Å². The van der Waals surface area contributed by atoms with Crippen molar-refractivity contribution in [1.82, 2.24) is 0 Å². The van der Waals surface area contributed by atoms with Gasteiger partial charge in [0.1, 0.15) is 0 Å². The van der Waals surface area contributed by atoms with Gasteiger partial charge in [-0.3, -0.25) is 0 Å². The van der Waals surface area contributed by atoms with Crippen LogP contribution in [0.5, 0.6) is 0 Å². The summed E-state index contributed by atoms with van der Waals surface area (Å²) in [4.78, 5) is 0. The van der Waals surface area contributed by atoms with Crippen LogP contribution >= 0.6 is 12.4 Å². The van der Waals surface area contributed by atoms with Gasteiger partial charge in [-0.25, -0.2) is 0 Å². The van der Waals surface area contributed by atoms with E-state index in [1.807, 2.05) is 0 Å². The smallest absolute Gasteiger partial charge is 0 e. The van der Waals surface area contributed by atoms with E-state index in [0.29, 0.717) is 0 Å². The standard InChI is InChI=1S/Ce.ClH.Ir.Ru.Sn/h;1H;;;. The van der Waals surface area contributed by atoms with Crippen LogP contribution in [0.25, 0.3) is 0 Å². The maximum atomic E-state index is 0. The number of halogens is 1. The van der Waals surface area contributed by atoms with E-state index in [0.717, 1.165) is 0 Å². The molecule has 0 aliphatic carbocycles. The Morgan fingerprint density at radius 3 is 1.00 bits per heavy atom. The summed E-state index contributed by atoms with van der Waals surface area (Å²) in [6.07, 6.45) is 0. The predicted octanol–water partition coefficient (Wildman–Crippen LogP) is 0.0360. The van der Waals surface area contributed by atoms with Crippen LogP contribution in [-0.4, -0.2) is 23.9 Å². The van der Waals surface area contributed by atoms with Gasteiger partial charge in [0.15, 0.2) is 0 Å². The van der Waals surface area contributed by atoms with Gasteiger partial charge in [-0.05, 0) is 0 Å². The first-order chi connectivity index (χ1) is 0. The van der Waals surface area contributed by atoms with E-state index in [4.69, 9.17) is 0 Å². The molecule has 0 aliphatic heterocycles. The third-order valence-electron chi connectivity index (χ3n) is 0. The van der Waals surface area contributed by atoms with Gasteiger partial charge in [-0.2, -0.15) is 0 Å². The molecule has 0 saturated carbocycles. The van der Waals surface area contributed by atoms with Gasteiger partial charge in [0.05, 0.1) is 0 Å². The molecule has 5 radical (unpaired) electrons. The SMILES string of the molecule is Cl.[Ce].[Ir].[Ru].[Sn]. The molecule has 0 atom stereocenters. The number of hydrogen-bond acceptors (Lipinski definition) is 0. The van der Waals surface area contributed by atoms with Crippen LogP contribution in [0.2, 0.25) is 0 Å². The Morgan fingerprint density at radius 1 is 1.00 bits per heavy atom. The summed E-state index contributed by atoms with van der Waals surface area (Å²) < 4.78 is 0. The monoisotopic (exact) mass is 591 g/mol. The Labute approximate surface area is 115 Å². The minimum Gasteiger partial charge on any atom is -0.147 e. The van der Waals surface area contributed by atoms with Gasteiger partial charge < -0.3 is 0 Å². The second-order valence-electron chi connectivity index (χ2n) is 0. The molecule has 0 N–H and O–H groups in total. The molecule has 33 valence electrons. The number of hydrogen-bond donors (Lipinski definition) is 0. The number of rotatable bonds is 0. The van der Waals surface area contributed by atoms with Gasteiger partial charge in [0.25, 0.3) is 0 Å². The van der Waals surface area contributed by atoms with Crippen molar-refractivity contribution in [2.45, 2.75) is 0 Å². The summed E-state index contributed by atoms with van der Waals surface area (Å²) in [7, 11) is 0. The van der Waals surface area contributed by atoms with Crippen molar-refractivity contribution in [3.63, 3.8) is 0 Å². The molecule has 0 aromatic rings. The maximum Gasteiger partial charge on any atom is 0 e. The van der Waals surface area contributed by atoms with E-state index >= 15 is 0 Å². The average molecular weight is 589 g/mol. The van der Waals surface area contributed by atoms with Crippen LogP contribution in [0, 0.1) is 41.7 Å². The molecule has 0 nitrogen and oxygen atoms in total. The molecule has 0 fully saturated rings. The predicted molar refractivity (Wildman–Crippen MR) is 13.0 cm³/mol. The molecule has 0 aliphatic rings. The summed E-state index contributed by atoms with van der Waals surface area (Å²) in [5.74, 6) is 0. The molecular weight excluding hydrogens is 588 g/mol. The van der Waals surface area contributed by atoms with Gasteiger partial charge >= 0.3 is 0 Å². The van der Waals surface area contributed by atoms with E-state index in [1.54, 1.807) is 0 Å². The molecular formula is HCeClIrRuSn. The van der Waals surface area contributed by atoms with Crippen molar-refractivity contribution in [3.05, 3.63) is 0 Å².